The van der Waals surface area contributed by atoms with E-state index in [1.54, 1.807) is 6.20 Å². The number of hydrogen-bond acceptors (Lipinski definition) is 3. The van der Waals surface area contributed by atoms with Crippen molar-refractivity contribution >= 4 is 26.8 Å². The van der Waals surface area contributed by atoms with Gasteiger partial charge in [0, 0.05) is 28.4 Å². The number of rotatable bonds is 3. The Morgan fingerprint density at radius 2 is 1.85 bits per heavy atom. The van der Waals surface area contributed by atoms with E-state index in [2.05, 4.69) is 49.4 Å². The second-order valence-corrected chi connectivity index (χ2v) is 5.54. The Morgan fingerprint density at radius 1 is 1.05 bits per heavy atom. The molecule has 0 spiro atoms. The Bertz CT molecular complexity index is 742. The molecule has 1 atom stereocenters. The summed E-state index contributed by atoms with van der Waals surface area (Å²) in [5, 5.41) is 4.47. The SMILES string of the molecule is CNC(c1cncc(Br)c1)c1cnc2ccccc2c1. The lowest BCUT2D eigenvalue weighted by molar-refractivity contribution is 0.686. The van der Waals surface area contributed by atoms with Gasteiger partial charge in [0.2, 0.25) is 0 Å². The molecule has 0 saturated heterocycles. The average Bonchev–Trinajstić information content (AvgIpc) is 2.48. The van der Waals surface area contributed by atoms with Crippen molar-refractivity contribution in [2.24, 2.45) is 0 Å². The van der Waals surface area contributed by atoms with Crippen molar-refractivity contribution in [1.29, 1.82) is 0 Å². The zero-order valence-electron chi connectivity index (χ0n) is 11.0. The smallest absolute Gasteiger partial charge is 0.0702 e. The standard InChI is InChI=1S/C16H14BrN3/c1-18-16(13-7-14(17)10-19-8-13)12-6-11-4-2-3-5-15(11)20-9-12/h2-10,16,18H,1H3. The van der Waals surface area contributed by atoms with Crippen LogP contribution in [0.3, 0.4) is 0 Å². The zero-order chi connectivity index (χ0) is 13.9. The normalized spacial score (nSPS) is 12.5. The minimum atomic E-state index is 0.0807. The second-order valence-electron chi connectivity index (χ2n) is 4.62. The molecule has 20 heavy (non-hydrogen) atoms. The predicted octanol–water partition coefficient (Wildman–Crippen LogP) is 3.70. The molecule has 0 bridgehead atoms. The van der Waals surface area contributed by atoms with Crippen LogP contribution in [0.25, 0.3) is 10.9 Å². The van der Waals surface area contributed by atoms with E-state index in [0.29, 0.717) is 0 Å². The topological polar surface area (TPSA) is 37.8 Å². The van der Waals surface area contributed by atoms with Gasteiger partial charge in [0.25, 0.3) is 0 Å². The Morgan fingerprint density at radius 3 is 2.65 bits per heavy atom. The van der Waals surface area contributed by atoms with Crippen LogP contribution in [-0.4, -0.2) is 17.0 Å². The number of halogens is 1. The lowest BCUT2D eigenvalue weighted by Crippen LogP contribution is -2.18. The highest BCUT2D eigenvalue weighted by molar-refractivity contribution is 9.10. The fourth-order valence-corrected chi connectivity index (χ4v) is 2.74. The van der Waals surface area contributed by atoms with Gasteiger partial charge in [-0.05, 0) is 52.3 Å². The number of nitrogens with zero attached hydrogens (tertiary/aromatic N) is 2. The van der Waals surface area contributed by atoms with Crippen LogP contribution in [-0.2, 0) is 0 Å². The third-order valence-electron chi connectivity index (χ3n) is 3.29. The quantitative estimate of drug-likeness (QED) is 0.797. The van der Waals surface area contributed by atoms with Gasteiger partial charge < -0.3 is 5.32 Å². The molecule has 2 aromatic heterocycles. The van der Waals surface area contributed by atoms with Gasteiger partial charge in [-0.2, -0.15) is 0 Å². The van der Waals surface area contributed by atoms with E-state index in [9.17, 15) is 0 Å². The van der Waals surface area contributed by atoms with Gasteiger partial charge in [-0.15, -0.1) is 0 Å². The minimum absolute atomic E-state index is 0.0807. The van der Waals surface area contributed by atoms with Crippen molar-refractivity contribution < 1.29 is 0 Å². The fraction of sp³-hybridized carbons (Fsp3) is 0.125. The summed E-state index contributed by atoms with van der Waals surface area (Å²) in [7, 11) is 1.95. The Kier molecular flexibility index (Phi) is 3.76. The molecule has 2 heterocycles. The van der Waals surface area contributed by atoms with E-state index in [1.165, 1.54) is 0 Å². The largest absolute Gasteiger partial charge is 0.309 e. The van der Waals surface area contributed by atoms with Gasteiger partial charge in [-0.3, -0.25) is 9.97 Å². The summed E-state index contributed by atoms with van der Waals surface area (Å²) >= 11 is 3.47. The molecule has 0 aliphatic carbocycles. The Balaban J connectivity index is 2.07. The van der Waals surface area contributed by atoms with Crippen LogP contribution < -0.4 is 5.32 Å². The summed E-state index contributed by atoms with van der Waals surface area (Å²) in [5.74, 6) is 0. The van der Waals surface area contributed by atoms with Crippen LogP contribution in [0, 0.1) is 0 Å². The first-order chi connectivity index (χ1) is 9.78. The summed E-state index contributed by atoms with van der Waals surface area (Å²) in [6.45, 7) is 0. The van der Waals surface area contributed by atoms with E-state index in [-0.39, 0.29) is 6.04 Å². The lowest BCUT2D eigenvalue weighted by Gasteiger charge is -2.17. The molecular weight excluding hydrogens is 314 g/mol. The van der Waals surface area contributed by atoms with Gasteiger partial charge in [0.15, 0.2) is 0 Å². The van der Waals surface area contributed by atoms with E-state index >= 15 is 0 Å². The van der Waals surface area contributed by atoms with E-state index in [1.807, 2.05) is 37.6 Å². The predicted molar refractivity (Wildman–Crippen MR) is 84.6 cm³/mol. The molecule has 0 amide bonds. The van der Waals surface area contributed by atoms with Crippen LogP contribution >= 0.6 is 15.9 Å². The molecule has 100 valence electrons. The maximum absolute atomic E-state index is 4.53. The highest BCUT2D eigenvalue weighted by atomic mass is 79.9. The molecule has 0 radical (unpaired) electrons. The number of aromatic nitrogens is 2. The summed E-state index contributed by atoms with van der Waals surface area (Å²) < 4.78 is 0.976. The van der Waals surface area contributed by atoms with Crippen LogP contribution in [0.15, 0.2) is 59.5 Å². The number of hydrogen-bond donors (Lipinski definition) is 1. The number of benzene rings is 1. The first-order valence-electron chi connectivity index (χ1n) is 6.40. The molecule has 0 fully saturated rings. The maximum atomic E-state index is 4.53. The van der Waals surface area contributed by atoms with E-state index in [0.717, 1.165) is 26.5 Å². The fourth-order valence-electron chi connectivity index (χ4n) is 2.36. The van der Waals surface area contributed by atoms with Crippen molar-refractivity contribution in [2.75, 3.05) is 7.05 Å². The zero-order valence-corrected chi connectivity index (χ0v) is 12.6. The number of fused-ring (bicyclic) bond motifs is 1. The molecule has 1 unspecified atom stereocenters. The van der Waals surface area contributed by atoms with Gasteiger partial charge >= 0.3 is 0 Å². The summed E-state index contributed by atoms with van der Waals surface area (Å²) in [4.78, 5) is 8.76. The Hall–Kier alpha value is -1.78. The Labute approximate surface area is 126 Å². The van der Waals surface area contributed by atoms with Gasteiger partial charge in [0.05, 0.1) is 11.6 Å². The molecule has 4 heteroatoms. The minimum Gasteiger partial charge on any atom is -0.309 e. The lowest BCUT2D eigenvalue weighted by atomic mass is 10.0. The third-order valence-corrected chi connectivity index (χ3v) is 3.73. The number of pyridine rings is 2. The van der Waals surface area contributed by atoms with Gasteiger partial charge in [-0.1, -0.05) is 18.2 Å². The number of para-hydroxylation sites is 1. The molecule has 3 nitrogen and oxygen atoms in total. The molecule has 0 saturated carbocycles. The highest BCUT2D eigenvalue weighted by Gasteiger charge is 2.13. The van der Waals surface area contributed by atoms with Gasteiger partial charge in [0.1, 0.15) is 0 Å². The van der Waals surface area contributed by atoms with E-state index in [4.69, 9.17) is 0 Å². The van der Waals surface area contributed by atoms with Crippen LogP contribution in [0.2, 0.25) is 0 Å². The molecule has 3 rings (SSSR count). The average molecular weight is 328 g/mol. The maximum Gasteiger partial charge on any atom is 0.0702 e. The molecule has 1 N–H and O–H groups in total. The highest BCUT2D eigenvalue weighted by Crippen LogP contribution is 2.25. The second kappa shape index (κ2) is 5.69. The van der Waals surface area contributed by atoms with Crippen LogP contribution in [0.5, 0.6) is 0 Å². The van der Waals surface area contributed by atoms with Crippen molar-refractivity contribution in [3.8, 4) is 0 Å². The van der Waals surface area contributed by atoms with Crippen LogP contribution in [0.4, 0.5) is 0 Å². The monoisotopic (exact) mass is 327 g/mol. The van der Waals surface area contributed by atoms with Gasteiger partial charge in [-0.25, -0.2) is 0 Å². The first kappa shape index (κ1) is 13.2. The molecule has 0 aliphatic heterocycles. The van der Waals surface area contributed by atoms with Crippen molar-refractivity contribution in [3.05, 3.63) is 70.6 Å². The molecular formula is C16H14BrN3. The summed E-state index contributed by atoms with van der Waals surface area (Å²) in [5.41, 5.74) is 3.25. The summed E-state index contributed by atoms with van der Waals surface area (Å²) in [6.07, 6.45) is 5.58. The first-order valence-corrected chi connectivity index (χ1v) is 7.19. The molecule has 1 aromatic carbocycles. The van der Waals surface area contributed by atoms with Crippen LogP contribution in [0.1, 0.15) is 17.2 Å². The molecule has 3 aromatic rings. The van der Waals surface area contributed by atoms with Crippen molar-refractivity contribution in [3.63, 3.8) is 0 Å². The van der Waals surface area contributed by atoms with Crippen molar-refractivity contribution in [1.82, 2.24) is 15.3 Å². The number of nitrogens with one attached hydrogen (secondary N) is 1. The van der Waals surface area contributed by atoms with Crippen molar-refractivity contribution in [2.45, 2.75) is 6.04 Å². The van der Waals surface area contributed by atoms with E-state index < -0.39 is 0 Å². The summed E-state index contributed by atoms with van der Waals surface area (Å²) in [6, 6.07) is 12.5. The third kappa shape index (κ3) is 2.57. The molecule has 0 aliphatic rings.